The van der Waals surface area contributed by atoms with Crippen LogP contribution >= 0.6 is 0 Å². The van der Waals surface area contributed by atoms with Crippen LogP contribution in [-0.2, 0) is 0 Å². The molecular formula is C56H36N2O. The molecule has 3 heteroatoms. The van der Waals surface area contributed by atoms with Crippen LogP contribution in [0, 0.1) is 0 Å². The first-order chi connectivity index (χ1) is 29.1. The van der Waals surface area contributed by atoms with Crippen LogP contribution in [0.5, 0.6) is 0 Å². The second-order valence-corrected chi connectivity index (χ2v) is 15.7. The first-order valence-corrected chi connectivity index (χ1v) is 20.2. The summed E-state index contributed by atoms with van der Waals surface area (Å²) in [4.78, 5) is 5.69. The maximum absolute atomic E-state index is 6.74. The average Bonchev–Trinajstić information content (AvgIpc) is 3.58. The molecule has 11 aromatic rings. The van der Waals surface area contributed by atoms with Crippen LogP contribution in [0.15, 0.2) is 209 Å². The van der Waals surface area contributed by atoms with E-state index in [0.29, 0.717) is 0 Å². The summed E-state index contributed by atoms with van der Waals surface area (Å²) >= 11 is 0. The van der Waals surface area contributed by atoms with Gasteiger partial charge in [0.15, 0.2) is 0 Å². The third-order valence-electron chi connectivity index (χ3n) is 12.2. The normalized spacial score (nSPS) is 14.5. The number of nitrogens with zero attached hydrogens (tertiary/aromatic N) is 1. The van der Waals surface area contributed by atoms with Crippen LogP contribution in [0.25, 0.3) is 92.6 Å². The van der Waals surface area contributed by atoms with E-state index in [0.717, 1.165) is 72.2 Å². The molecule has 1 N–H and O–H groups in total. The summed E-state index contributed by atoms with van der Waals surface area (Å²) in [5, 5.41) is 18.1. The van der Waals surface area contributed by atoms with Crippen molar-refractivity contribution in [1.29, 1.82) is 0 Å². The number of aliphatic imine (C=N–C) groups is 1. The molecule has 1 aliphatic rings. The molecule has 1 aromatic heterocycles. The van der Waals surface area contributed by atoms with Gasteiger partial charge in [0.25, 0.3) is 0 Å². The Balaban J connectivity index is 1.18. The fraction of sp³-hybridized carbons (Fsp3) is 0.0357. The maximum Gasteiger partial charge on any atom is 0.136 e. The minimum Gasteiger partial charge on any atom is -0.456 e. The van der Waals surface area contributed by atoms with Crippen molar-refractivity contribution in [3.8, 4) is 11.1 Å². The molecule has 12 rings (SSSR count). The number of benzene rings is 10. The van der Waals surface area contributed by atoms with Gasteiger partial charge in [-0.1, -0.05) is 157 Å². The Kier molecular flexibility index (Phi) is 7.47. The van der Waals surface area contributed by atoms with Gasteiger partial charge in [-0.05, 0) is 119 Å². The monoisotopic (exact) mass is 752 g/mol. The smallest absolute Gasteiger partial charge is 0.136 e. The highest BCUT2D eigenvalue weighted by Gasteiger charge is 2.25. The minimum absolute atomic E-state index is 0.190. The molecule has 59 heavy (non-hydrogen) atoms. The zero-order chi connectivity index (χ0) is 39.0. The summed E-state index contributed by atoms with van der Waals surface area (Å²) in [7, 11) is 0. The van der Waals surface area contributed by atoms with Crippen molar-refractivity contribution in [3.05, 3.63) is 216 Å². The number of furan rings is 1. The van der Waals surface area contributed by atoms with Crippen molar-refractivity contribution in [2.45, 2.75) is 13.0 Å². The first kappa shape index (κ1) is 33.4. The van der Waals surface area contributed by atoms with Crippen LogP contribution in [0.2, 0.25) is 0 Å². The zero-order valence-electron chi connectivity index (χ0n) is 32.3. The third-order valence-corrected chi connectivity index (χ3v) is 12.2. The summed E-state index contributed by atoms with van der Waals surface area (Å²) in [6.07, 6.45) is 0. The Morgan fingerprint density at radius 2 is 1.02 bits per heavy atom. The van der Waals surface area contributed by atoms with Gasteiger partial charge < -0.3 is 9.73 Å². The van der Waals surface area contributed by atoms with Gasteiger partial charge in [-0.15, -0.1) is 0 Å². The van der Waals surface area contributed by atoms with Gasteiger partial charge in [0, 0.05) is 21.9 Å². The second-order valence-electron chi connectivity index (χ2n) is 15.7. The molecule has 3 nitrogen and oxygen atoms in total. The van der Waals surface area contributed by atoms with Crippen LogP contribution in [0.1, 0.15) is 29.7 Å². The van der Waals surface area contributed by atoms with E-state index in [1.54, 1.807) is 0 Å². The molecule has 1 atom stereocenters. The van der Waals surface area contributed by atoms with E-state index >= 15 is 0 Å². The van der Waals surface area contributed by atoms with Gasteiger partial charge in [-0.3, -0.25) is 0 Å². The van der Waals surface area contributed by atoms with E-state index in [9.17, 15) is 0 Å². The van der Waals surface area contributed by atoms with Gasteiger partial charge in [0.1, 0.15) is 22.7 Å². The van der Waals surface area contributed by atoms with E-state index in [4.69, 9.17) is 9.41 Å². The summed E-state index contributed by atoms with van der Waals surface area (Å²) in [6.45, 7) is 2.18. The van der Waals surface area contributed by atoms with Gasteiger partial charge in [0.2, 0.25) is 0 Å². The number of hydrogen-bond donors (Lipinski definition) is 1. The van der Waals surface area contributed by atoms with Crippen molar-refractivity contribution in [1.82, 2.24) is 5.32 Å². The molecule has 0 bridgehead atoms. The van der Waals surface area contributed by atoms with Crippen molar-refractivity contribution in [2.75, 3.05) is 0 Å². The average molecular weight is 753 g/mol. The second kappa shape index (κ2) is 13.2. The lowest BCUT2D eigenvalue weighted by atomic mass is 9.91. The highest BCUT2D eigenvalue weighted by Crippen LogP contribution is 2.43. The summed E-state index contributed by atoms with van der Waals surface area (Å²) < 4.78 is 6.74. The van der Waals surface area contributed by atoms with Crippen molar-refractivity contribution in [3.63, 3.8) is 0 Å². The Labute approximate surface area is 340 Å². The molecule has 0 radical (unpaired) electrons. The maximum atomic E-state index is 6.74. The van der Waals surface area contributed by atoms with Gasteiger partial charge in [0.05, 0.1) is 6.04 Å². The minimum atomic E-state index is -0.190. The molecule has 0 saturated carbocycles. The van der Waals surface area contributed by atoms with Crippen LogP contribution < -0.4 is 5.32 Å². The molecule has 1 aliphatic heterocycles. The summed E-state index contributed by atoms with van der Waals surface area (Å²) in [5.74, 6) is 0.798. The predicted molar refractivity (Wildman–Crippen MR) is 248 cm³/mol. The standard InChI is InChI=1S/C56H36N2O/c1-34-28-51(50-32-40(33-53-54(50)47-24-12-13-25-52(47)59-53)48-30-37-16-4-6-18-41(37)43-20-8-10-22-45(43)48)57-56(58-55(34)39-27-26-35-14-2-3-15-36(35)29-39)49-31-38-17-5-7-19-42(38)44-21-9-11-23-46(44)49/h2-27,29-33,55H,1H3,(H,57,58). The zero-order valence-corrected chi connectivity index (χ0v) is 32.3. The molecule has 2 heterocycles. The summed E-state index contributed by atoms with van der Waals surface area (Å²) in [6, 6.07) is 67.3. The number of nitrogens with one attached hydrogen (secondary N) is 1. The van der Waals surface area contributed by atoms with E-state index in [2.05, 4.69) is 200 Å². The number of fused-ring (bicyclic) bond motifs is 10. The van der Waals surface area contributed by atoms with Crippen LogP contribution in [0.4, 0.5) is 0 Å². The predicted octanol–water partition coefficient (Wildman–Crippen LogP) is 14.7. The lowest BCUT2D eigenvalue weighted by Crippen LogP contribution is -2.29. The Bertz CT molecular complexity index is 3650. The number of para-hydroxylation sites is 1. The third kappa shape index (κ3) is 5.41. The molecule has 10 aromatic carbocycles. The highest BCUT2D eigenvalue weighted by molar-refractivity contribution is 6.21. The lowest BCUT2D eigenvalue weighted by Gasteiger charge is -2.22. The fourth-order valence-electron chi connectivity index (χ4n) is 9.40. The van der Waals surface area contributed by atoms with Gasteiger partial charge >= 0.3 is 0 Å². The molecule has 0 amide bonds. The van der Waals surface area contributed by atoms with Crippen LogP contribution in [-0.4, -0.2) is 5.84 Å². The number of amidine groups is 1. The van der Waals surface area contributed by atoms with E-state index in [1.165, 1.54) is 48.5 Å². The Morgan fingerprint density at radius 3 is 1.73 bits per heavy atom. The molecule has 0 aliphatic carbocycles. The SMILES string of the molecule is CC1=C=C(c2cc(-c3cc4ccccc4c4ccccc34)cc3oc4ccccc4c23)N=C(c2cc3ccccc3c3ccccc23)NC1c1ccc2ccccc2c1. The van der Waals surface area contributed by atoms with Crippen LogP contribution in [0.3, 0.4) is 0 Å². The van der Waals surface area contributed by atoms with E-state index in [1.807, 2.05) is 6.07 Å². The van der Waals surface area contributed by atoms with Crippen molar-refractivity contribution in [2.24, 2.45) is 4.99 Å². The van der Waals surface area contributed by atoms with Crippen molar-refractivity contribution >= 4 is 87.3 Å². The lowest BCUT2D eigenvalue weighted by molar-refractivity contribution is 0.669. The molecule has 276 valence electrons. The first-order valence-electron chi connectivity index (χ1n) is 20.2. The Morgan fingerprint density at radius 1 is 0.458 bits per heavy atom. The fourth-order valence-corrected chi connectivity index (χ4v) is 9.40. The number of hydrogen-bond acceptors (Lipinski definition) is 3. The van der Waals surface area contributed by atoms with Crippen molar-refractivity contribution < 1.29 is 4.42 Å². The molecule has 1 unspecified atom stereocenters. The quantitative estimate of drug-likeness (QED) is 0.144. The molecule has 0 saturated heterocycles. The molecular weight excluding hydrogens is 717 g/mol. The molecule has 0 spiro atoms. The van der Waals surface area contributed by atoms with E-state index < -0.39 is 0 Å². The Hall–Kier alpha value is -7.71. The summed E-state index contributed by atoms with van der Waals surface area (Å²) in [5.41, 5.74) is 12.8. The topological polar surface area (TPSA) is 37.5 Å². The van der Waals surface area contributed by atoms with Gasteiger partial charge in [-0.2, -0.15) is 0 Å². The highest BCUT2D eigenvalue weighted by atomic mass is 16.3. The van der Waals surface area contributed by atoms with E-state index in [-0.39, 0.29) is 6.04 Å². The largest absolute Gasteiger partial charge is 0.456 e. The van der Waals surface area contributed by atoms with Gasteiger partial charge in [-0.25, -0.2) is 4.99 Å². The number of rotatable bonds is 4. The molecule has 0 fully saturated rings.